The highest BCUT2D eigenvalue weighted by molar-refractivity contribution is 7.89. The summed E-state index contributed by atoms with van der Waals surface area (Å²) in [6.45, 7) is 0.687. The molecule has 1 aliphatic rings. The zero-order valence-corrected chi connectivity index (χ0v) is 15.2. The molecule has 0 amide bonds. The highest BCUT2D eigenvalue weighted by atomic mass is 32.2. The van der Waals surface area contributed by atoms with Crippen molar-refractivity contribution in [3.63, 3.8) is 0 Å². The van der Waals surface area contributed by atoms with E-state index in [0.29, 0.717) is 19.5 Å². The predicted molar refractivity (Wildman–Crippen MR) is 99.0 cm³/mol. The van der Waals surface area contributed by atoms with E-state index in [1.54, 1.807) is 16.8 Å². The molecule has 0 unspecified atom stereocenters. The molecule has 27 heavy (non-hydrogen) atoms. The Hall–Kier alpha value is -3.02. The fourth-order valence-electron chi connectivity index (χ4n) is 3.26. The molecule has 0 radical (unpaired) electrons. The monoisotopic (exact) mass is 379 g/mol. The lowest BCUT2D eigenvalue weighted by Crippen LogP contribution is -2.30. The van der Waals surface area contributed by atoms with Gasteiger partial charge in [0.2, 0.25) is 10.0 Å². The molecule has 1 aliphatic heterocycles. The van der Waals surface area contributed by atoms with Gasteiger partial charge in [-0.05, 0) is 18.6 Å². The van der Waals surface area contributed by atoms with Crippen molar-refractivity contribution in [3.8, 4) is 17.3 Å². The predicted octanol–water partition coefficient (Wildman–Crippen LogP) is 2.45. The summed E-state index contributed by atoms with van der Waals surface area (Å²) in [5.41, 5.74) is 1.88. The van der Waals surface area contributed by atoms with Crippen LogP contribution >= 0.6 is 0 Å². The van der Waals surface area contributed by atoms with Gasteiger partial charge in [-0.1, -0.05) is 47.7 Å². The molecule has 8 heteroatoms. The third kappa shape index (κ3) is 3.23. The molecule has 3 aromatic rings. The van der Waals surface area contributed by atoms with Crippen LogP contribution in [0.25, 0.3) is 11.3 Å². The van der Waals surface area contributed by atoms with Gasteiger partial charge in [0.15, 0.2) is 0 Å². The molecule has 1 atom stereocenters. The lowest BCUT2D eigenvalue weighted by molar-refractivity contribution is 0.428. The van der Waals surface area contributed by atoms with Crippen LogP contribution in [0, 0.1) is 11.3 Å². The topological polar surface area (TPSA) is 91.9 Å². The maximum absolute atomic E-state index is 12.9. The maximum Gasteiger partial charge on any atom is 0.244 e. The second-order valence-corrected chi connectivity index (χ2v) is 8.27. The van der Waals surface area contributed by atoms with Gasteiger partial charge in [0, 0.05) is 18.7 Å². The number of benzene rings is 2. The van der Waals surface area contributed by atoms with Crippen molar-refractivity contribution in [2.75, 3.05) is 13.1 Å². The molecule has 0 bridgehead atoms. The second kappa shape index (κ2) is 6.95. The average Bonchev–Trinajstić information content (AvgIpc) is 3.38. The molecule has 2 heterocycles. The maximum atomic E-state index is 12.9. The Morgan fingerprint density at radius 1 is 1.07 bits per heavy atom. The number of sulfonamides is 1. The van der Waals surface area contributed by atoms with Gasteiger partial charge in [-0.15, -0.1) is 5.10 Å². The zero-order valence-electron chi connectivity index (χ0n) is 14.4. The fraction of sp³-hybridized carbons (Fsp3) is 0.211. The molecule has 0 N–H and O–H groups in total. The van der Waals surface area contributed by atoms with Gasteiger partial charge in [-0.2, -0.15) is 9.57 Å². The van der Waals surface area contributed by atoms with Gasteiger partial charge < -0.3 is 0 Å². The van der Waals surface area contributed by atoms with Crippen LogP contribution in [0.1, 0.15) is 18.0 Å². The van der Waals surface area contributed by atoms with E-state index in [1.807, 2.05) is 42.6 Å². The van der Waals surface area contributed by atoms with Gasteiger partial charge in [0.25, 0.3) is 0 Å². The van der Waals surface area contributed by atoms with Crippen molar-refractivity contribution >= 4 is 10.0 Å². The van der Waals surface area contributed by atoms with Gasteiger partial charge in [0.1, 0.15) is 11.8 Å². The van der Waals surface area contributed by atoms with E-state index in [2.05, 4.69) is 10.3 Å². The molecule has 1 saturated heterocycles. The summed E-state index contributed by atoms with van der Waals surface area (Å²) in [6.07, 6.45) is 2.49. The first-order valence-electron chi connectivity index (χ1n) is 8.56. The summed E-state index contributed by atoms with van der Waals surface area (Å²) in [6, 6.07) is 17.9. The Kier molecular flexibility index (Phi) is 4.48. The van der Waals surface area contributed by atoms with Crippen LogP contribution in [0.3, 0.4) is 0 Å². The number of nitriles is 1. The number of hydrogen-bond acceptors (Lipinski definition) is 5. The first-order valence-corrected chi connectivity index (χ1v) is 10.00. The summed E-state index contributed by atoms with van der Waals surface area (Å²) in [5.74, 6) is 0. The van der Waals surface area contributed by atoms with Gasteiger partial charge in [-0.3, -0.25) is 0 Å². The Bertz CT molecular complexity index is 1100. The van der Waals surface area contributed by atoms with E-state index < -0.39 is 10.0 Å². The summed E-state index contributed by atoms with van der Waals surface area (Å²) in [5, 5.41) is 17.6. The second-order valence-electron chi connectivity index (χ2n) is 6.36. The Morgan fingerprint density at radius 3 is 2.59 bits per heavy atom. The molecule has 0 aliphatic carbocycles. The minimum absolute atomic E-state index is 0.0525. The molecule has 7 nitrogen and oxygen atoms in total. The molecular weight excluding hydrogens is 362 g/mol. The largest absolute Gasteiger partial charge is 0.247 e. The highest BCUT2D eigenvalue weighted by Gasteiger charge is 2.35. The average molecular weight is 379 g/mol. The lowest BCUT2D eigenvalue weighted by atomic mass is 10.2. The third-order valence-corrected chi connectivity index (χ3v) is 6.63. The van der Waals surface area contributed by atoms with Crippen LogP contribution < -0.4 is 0 Å². The van der Waals surface area contributed by atoms with Crippen LogP contribution in [0.2, 0.25) is 0 Å². The summed E-state index contributed by atoms with van der Waals surface area (Å²) >= 11 is 0. The van der Waals surface area contributed by atoms with Crippen molar-refractivity contribution in [3.05, 3.63) is 66.4 Å². The minimum atomic E-state index is -3.72. The Balaban J connectivity index is 1.56. The van der Waals surface area contributed by atoms with E-state index in [0.717, 1.165) is 11.3 Å². The van der Waals surface area contributed by atoms with E-state index >= 15 is 0 Å². The number of nitrogens with zero attached hydrogens (tertiary/aromatic N) is 5. The van der Waals surface area contributed by atoms with E-state index in [4.69, 9.17) is 0 Å². The van der Waals surface area contributed by atoms with Crippen LogP contribution in [-0.2, 0) is 10.0 Å². The molecule has 0 spiro atoms. The van der Waals surface area contributed by atoms with Crippen LogP contribution in [0.5, 0.6) is 0 Å². The van der Waals surface area contributed by atoms with Crippen molar-refractivity contribution < 1.29 is 8.42 Å². The van der Waals surface area contributed by atoms with Crippen molar-refractivity contribution in [2.24, 2.45) is 0 Å². The molecular formula is C19H17N5O2S. The Labute approximate surface area is 157 Å². The van der Waals surface area contributed by atoms with Crippen molar-refractivity contribution in [1.29, 1.82) is 5.26 Å². The third-order valence-electron chi connectivity index (χ3n) is 4.71. The first-order chi connectivity index (χ1) is 13.1. The first kappa shape index (κ1) is 17.4. The van der Waals surface area contributed by atoms with Crippen LogP contribution in [0.4, 0.5) is 0 Å². The van der Waals surface area contributed by atoms with Crippen LogP contribution in [-0.4, -0.2) is 40.8 Å². The molecule has 4 rings (SSSR count). The van der Waals surface area contributed by atoms with Gasteiger partial charge in [-0.25, -0.2) is 13.1 Å². The molecule has 2 aromatic carbocycles. The molecule has 1 fully saturated rings. The van der Waals surface area contributed by atoms with Crippen molar-refractivity contribution in [1.82, 2.24) is 19.3 Å². The van der Waals surface area contributed by atoms with E-state index in [9.17, 15) is 13.7 Å². The smallest absolute Gasteiger partial charge is 0.244 e. The normalized spacial score (nSPS) is 17.7. The summed E-state index contributed by atoms with van der Waals surface area (Å²) < 4.78 is 29.0. The quantitative estimate of drug-likeness (QED) is 0.694. The van der Waals surface area contributed by atoms with Crippen molar-refractivity contribution in [2.45, 2.75) is 17.4 Å². The lowest BCUT2D eigenvalue weighted by Gasteiger charge is -2.17. The van der Waals surface area contributed by atoms with E-state index in [1.165, 1.54) is 16.4 Å². The highest BCUT2D eigenvalue weighted by Crippen LogP contribution is 2.29. The minimum Gasteiger partial charge on any atom is -0.247 e. The number of hydrogen-bond donors (Lipinski definition) is 0. The SMILES string of the molecule is N#Cc1ccccc1S(=O)(=O)N1CC[C@H](n2cc(-c3ccccc3)nn2)C1. The van der Waals surface area contributed by atoms with Gasteiger partial charge in [0.05, 0.1) is 22.7 Å². The van der Waals surface area contributed by atoms with Crippen LogP contribution in [0.15, 0.2) is 65.7 Å². The summed E-state index contributed by atoms with van der Waals surface area (Å²) in [7, 11) is -3.72. The fourth-order valence-corrected chi connectivity index (χ4v) is 4.90. The zero-order chi connectivity index (χ0) is 18.9. The standard InChI is InChI=1S/C19H17N5O2S/c20-12-16-8-4-5-9-19(16)27(25,26)23-11-10-17(13-23)24-14-18(21-22-24)15-6-2-1-3-7-15/h1-9,14,17H,10-11,13H2/t17-/m0/s1. The number of rotatable bonds is 4. The van der Waals surface area contributed by atoms with E-state index in [-0.39, 0.29) is 16.5 Å². The molecule has 1 aromatic heterocycles. The number of aromatic nitrogens is 3. The summed E-state index contributed by atoms with van der Waals surface area (Å²) in [4.78, 5) is 0.0525. The van der Waals surface area contributed by atoms with Gasteiger partial charge >= 0.3 is 0 Å². The molecule has 0 saturated carbocycles. The molecule has 136 valence electrons. The Morgan fingerprint density at radius 2 is 1.81 bits per heavy atom.